The maximum Gasteiger partial charge on any atom is 0.309 e. The van der Waals surface area contributed by atoms with Crippen molar-refractivity contribution in [3.8, 4) is 0 Å². The van der Waals surface area contributed by atoms with Gasteiger partial charge in [0.15, 0.2) is 0 Å². The van der Waals surface area contributed by atoms with E-state index in [9.17, 15) is 4.79 Å². The molecule has 3 aliphatic rings. The van der Waals surface area contributed by atoms with Crippen LogP contribution in [0.5, 0.6) is 0 Å². The van der Waals surface area contributed by atoms with Gasteiger partial charge in [0.25, 0.3) is 0 Å². The van der Waals surface area contributed by atoms with Crippen molar-refractivity contribution in [3.05, 3.63) is 60.3 Å². The molecule has 0 radical (unpaired) electrons. The molecule has 4 bridgehead atoms. The summed E-state index contributed by atoms with van der Waals surface area (Å²) in [6, 6.07) is 0. The Kier molecular flexibility index (Phi) is 11.1. The maximum absolute atomic E-state index is 13.0. The van der Waals surface area contributed by atoms with E-state index >= 15 is 0 Å². The number of hydrogen-bond acceptors (Lipinski definition) is 4. The molecule has 0 aliphatic carbocycles. The van der Waals surface area contributed by atoms with Gasteiger partial charge in [-0.2, -0.15) is 0 Å². The molecule has 35 heavy (non-hydrogen) atoms. The quantitative estimate of drug-likeness (QED) is 0.238. The van der Waals surface area contributed by atoms with Gasteiger partial charge >= 0.3 is 5.97 Å². The molecule has 0 aromatic heterocycles. The van der Waals surface area contributed by atoms with Gasteiger partial charge in [-0.15, -0.1) is 0 Å². The molecule has 3 heterocycles. The standard InChI is InChI=1S/C31H46O4/c1-6-22(2)11-8-7-9-14-30-25(5)16-15-23(3)17-26-12-10-13-27(33-26)20-28-18-24(4)19-29(34-28)21-31(32)35-30/h7-9,11,14-16,23,25-30H,4,6,10,12-13,17-21H2,1-3,5H3/b8-7-,14-9+,16-15+,22-11+/t23-,25-,26+,27?,28+,29?,30?/m0/s1. The summed E-state index contributed by atoms with van der Waals surface area (Å²) in [6.45, 7) is 12.9. The van der Waals surface area contributed by atoms with Gasteiger partial charge in [-0.05, 0) is 63.9 Å². The third-order valence-electron chi connectivity index (χ3n) is 7.40. The van der Waals surface area contributed by atoms with Gasteiger partial charge in [-0.3, -0.25) is 4.79 Å². The first-order chi connectivity index (χ1) is 16.8. The van der Waals surface area contributed by atoms with Gasteiger partial charge < -0.3 is 14.2 Å². The molecule has 0 aromatic rings. The van der Waals surface area contributed by atoms with Crippen LogP contribution in [0.15, 0.2) is 60.3 Å². The molecule has 7 atom stereocenters. The van der Waals surface area contributed by atoms with Gasteiger partial charge in [0.2, 0.25) is 0 Å². The normalized spacial score (nSPS) is 36.9. The zero-order chi connectivity index (χ0) is 25.2. The summed E-state index contributed by atoms with van der Waals surface area (Å²) in [5, 5.41) is 0. The lowest BCUT2D eigenvalue weighted by molar-refractivity contribution is -0.154. The second-order valence-electron chi connectivity index (χ2n) is 10.8. The van der Waals surface area contributed by atoms with Gasteiger partial charge in [-0.1, -0.05) is 75.0 Å². The number of esters is 1. The van der Waals surface area contributed by atoms with E-state index in [1.807, 2.05) is 24.3 Å². The van der Waals surface area contributed by atoms with E-state index in [4.69, 9.17) is 14.2 Å². The number of rotatable bonds is 4. The van der Waals surface area contributed by atoms with Crippen molar-refractivity contribution in [2.24, 2.45) is 11.8 Å². The first kappa shape index (κ1) is 27.7. The highest BCUT2D eigenvalue weighted by atomic mass is 16.5. The van der Waals surface area contributed by atoms with E-state index in [1.165, 1.54) is 12.0 Å². The second kappa shape index (κ2) is 14.0. The first-order valence-electron chi connectivity index (χ1n) is 13.7. The topological polar surface area (TPSA) is 44.8 Å². The van der Waals surface area contributed by atoms with Crippen LogP contribution in [-0.2, 0) is 19.0 Å². The lowest BCUT2D eigenvalue weighted by Crippen LogP contribution is -2.37. The van der Waals surface area contributed by atoms with E-state index in [0.717, 1.165) is 50.5 Å². The summed E-state index contributed by atoms with van der Waals surface area (Å²) in [4.78, 5) is 13.0. The number of carbonyl (C=O) groups is 1. The minimum Gasteiger partial charge on any atom is -0.457 e. The van der Waals surface area contributed by atoms with Crippen LogP contribution in [0.4, 0.5) is 0 Å². The van der Waals surface area contributed by atoms with Crippen LogP contribution in [-0.4, -0.2) is 36.5 Å². The number of carbonyl (C=O) groups excluding carboxylic acids is 1. The minimum absolute atomic E-state index is 0.0712. The molecular weight excluding hydrogens is 436 g/mol. The van der Waals surface area contributed by atoms with Crippen molar-refractivity contribution < 1.29 is 19.0 Å². The van der Waals surface area contributed by atoms with Crippen LogP contribution in [0.3, 0.4) is 0 Å². The molecule has 0 amide bonds. The molecule has 4 nitrogen and oxygen atoms in total. The number of ether oxygens (including phenoxy) is 3. The number of hydrogen-bond donors (Lipinski definition) is 0. The Balaban J connectivity index is 1.76. The Bertz CT molecular complexity index is 820. The summed E-state index contributed by atoms with van der Waals surface area (Å²) < 4.78 is 18.8. The fourth-order valence-electron chi connectivity index (χ4n) is 5.23. The highest BCUT2D eigenvalue weighted by molar-refractivity contribution is 5.70. The molecule has 2 fully saturated rings. The van der Waals surface area contributed by atoms with E-state index in [1.54, 1.807) is 0 Å². The van der Waals surface area contributed by atoms with Gasteiger partial charge in [0.05, 0.1) is 30.8 Å². The molecular formula is C31H46O4. The molecule has 0 saturated carbocycles. The highest BCUT2D eigenvalue weighted by Gasteiger charge is 2.32. The van der Waals surface area contributed by atoms with Crippen molar-refractivity contribution in [1.82, 2.24) is 0 Å². The minimum atomic E-state index is -0.322. The predicted octanol–water partition coefficient (Wildman–Crippen LogP) is 7.42. The smallest absolute Gasteiger partial charge is 0.309 e. The average Bonchev–Trinajstić information content (AvgIpc) is 2.80. The van der Waals surface area contributed by atoms with Gasteiger partial charge in [0.1, 0.15) is 6.10 Å². The third kappa shape index (κ3) is 9.57. The van der Waals surface area contributed by atoms with Crippen molar-refractivity contribution >= 4 is 5.97 Å². The van der Waals surface area contributed by atoms with E-state index < -0.39 is 0 Å². The van der Waals surface area contributed by atoms with E-state index in [2.05, 4.69) is 52.5 Å². The second-order valence-corrected chi connectivity index (χ2v) is 10.8. The van der Waals surface area contributed by atoms with Crippen LogP contribution in [0, 0.1) is 11.8 Å². The largest absolute Gasteiger partial charge is 0.457 e. The number of cyclic esters (lactones) is 1. The predicted molar refractivity (Wildman–Crippen MR) is 143 cm³/mol. The Morgan fingerprint density at radius 1 is 0.971 bits per heavy atom. The average molecular weight is 483 g/mol. The molecule has 3 aliphatic heterocycles. The van der Waals surface area contributed by atoms with Gasteiger partial charge in [-0.25, -0.2) is 0 Å². The summed E-state index contributed by atoms with van der Waals surface area (Å²) >= 11 is 0. The number of allylic oxidation sites excluding steroid dienone is 6. The van der Waals surface area contributed by atoms with Crippen molar-refractivity contribution in [2.75, 3.05) is 0 Å². The Hall–Kier alpha value is -1.91. The molecule has 0 spiro atoms. The molecule has 4 heteroatoms. The SMILES string of the molecule is C=C1CC2CC(=O)OC(/C=C/C=C\C=C(/C)CC)[C@@H](C)/C=C/[C@H](C)C[C@H]3CCCC(C[C@@H](C1)O2)O3. The van der Waals surface area contributed by atoms with Crippen molar-refractivity contribution in [3.63, 3.8) is 0 Å². The fourth-order valence-corrected chi connectivity index (χ4v) is 5.23. The van der Waals surface area contributed by atoms with Gasteiger partial charge in [0, 0.05) is 12.3 Å². The number of fused-ring (bicyclic) bond motifs is 4. The maximum atomic E-state index is 13.0. The van der Waals surface area contributed by atoms with Crippen LogP contribution in [0.2, 0.25) is 0 Å². The molecule has 0 N–H and O–H groups in total. The van der Waals surface area contributed by atoms with Crippen LogP contribution in [0.25, 0.3) is 0 Å². The molecule has 3 unspecified atom stereocenters. The zero-order valence-corrected chi connectivity index (χ0v) is 22.3. The fraction of sp³-hybridized carbons (Fsp3) is 0.645. The Morgan fingerprint density at radius 2 is 1.69 bits per heavy atom. The summed E-state index contributed by atoms with van der Waals surface area (Å²) in [5.41, 5.74) is 2.49. The lowest BCUT2D eigenvalue weighted by atomic mass is 9.90. The summed E-state index contributed by atoms with van der Waals surface area (Å²) in [7, 11) is 0. The highest BCUT2D eigenvalue weighted by Crippen LogP contribution is 2.33. The van der Waals surface area contributed by atoms with Crippen LogP contribution < -0.4 is 0 Å². The molecule has 194 valence electrons. The Morgan fingerprint density at radius 3 is 2.46 bits per heavy atom. The first-order valence-corrected chi connectivity index (χ1v) is 13.7. The van der Waals surface area contributed by atoms with Crippen LogP contribution in [0.1, 0.15) is 85.5 Å². The monoisotopic (exact) mass is 482 g/mol. The molecule has 0 aromatic carbocycles. The van der Waals surface area contributed by atoms with Crippen molar-refractivity contribution in [1.29, 1.82) is 0 Å². The Labute approximate surface area is 213 Å². The van der Waals surface area contributed by atoms with Crippen molar-refractivity contribution in [2.45, 2.75) is 116 Å². The lowest BCUT2D eigenvalue weighted by Gasteiger charge is -2.37. The van der Waals surface area contributed by atoms with E-state index in [0.29, 0.717) is 12.0 Å². The zero-order valence-electron chi connectivity index (χ0n) is 22.3. The molecule has 3 rings (SSSR count). The molecule has 2 saturated heterocycles. The third-order valence-corrected chi connectivity index (χ3v) is 7.40. The van der Waals surface area contributed by atoms with E-state index in [-0.39, 0.29) is 42.7 Å². The summed E-state index contributed by atoms with van der Waals surface area (Å²) in [5.74, 6) is 0.270. The van der Waals surface area contributed by atoms with Crippen LogP contribution >= 0.6 is 0 Å². The summed E-state index contributed by atoms with van der Waals surface area (Å²) in [6.07, 6.45) is 22.9.